The smallest absolute Gasteiger partial charge is 0.0536 e. The number of hydrogen-bond donors (Lipinski definition) is 0. The molecule has 0 aliphatic heterocycles. The summed E-state index contributed by atoms with van der Waals surface area (Å²) in [6, 6.07) is 26.5. The molecule has 0 saturated heterocycles. The van der Waals surface area contributed by atoms with E-state index in [1.807, 2.05) is 48.5 Å². The molecule has 0 heterocycles. The molecule has 0 unspecified atom stereocenters. The normalized spacial score (nSPS) is 10.4. The second-order valence-corrected chi connectivity index (χ2v) is 5.99. The van der Waals surface area contributed by atoms with Crippen LogP contribution in [0.5, 0.6) is 0 Å². The molecule has 0 aromatic heterocycles. The SMILES string of the molecule is S=C(c1ccccc1)c1ccc(Cc2ccccc2)cc1Cl. The fourth-order valence-electron chi connectivity index (χ4n) is 2.43. The van der Waals surface area contributed by atoms with Crippen molar-refractivity contribution in [1.82, 2.24) is 0 Å². The predicted molar refractivity (Wildman–Crippen MR) is 97.9 cm³/mol. The zero-order valence-corrected chi connectivity index (χ0v) is 13.6. The van der Waals surface area contributed by atoms with Crippen molar-refractivity contribution >= 4 is 28.7 Å². The number of benzene rings is 3. The molecule has 0 amide bonds. The standard InChI is InChI=1S/C20H15ClS/c21-19-14-16(13-15-7-3-1-4-8-15)11-12-18(19)20(22)17-9-5-2-6-10-17/h1-12,14H,13H2. The van der Waals surface area contributed by atoms with E-state index >= 15 is 0 Å². The van der Waals surface area contributed by atoms with Gasteiger partial charge in [-0.15, -0.1) is 0 Å². The molecular weight excluding hydrogens is 308 g/mol. The van der Waals surface area contributed by atoms with Crippen LogP contribution in [-0.2, 0) is 6.42 Å². The lowest BCUT2D eigenvalue weighted by molar-refractivity contribution is 1.19. The number of thiocarbonyl (C=S) groups is 1. The maximum absolute atomic E-state index is 6.45. The van der Waals surface area contributed by atoms with Crippen molar-refractivity contribution in [2.45, 2.75) is 6.42 Å². The first-order valence-corrected chi connectivity index (χ1v) is 7.95. The average Bonchev–Trinajstić information content (AvgIpc) is 2.56. The second kappa shape index (κ2) is 6.87. The van der Waals surface area contributed by atoms with Crippen molar-refractivity contribution in [2.24, 2.45) is 0 Å². The summed E-state index contributed by atoms with van der Waals surface area (Å²) in [4.78, 5) is 0.789. The summed E-state index contributed by atoms with van der Waals surface area (Å²) in [6.45, 7) is 0. The van der Waals surface area contributed by atoms with Crippen molar-refractivity contribution in [3.05, 3.63) is 106 Å². The van der Waals surface area contributed by atoms with Crippen molar-refractivity contribution < 1.29 is 0 Å². The van der Waals surface area contributed by atoms with Crippen molar-refractivity contribution in [3.8, 4) is 0 Å². The maximum atomic E-state index is 6.45. The van der Waals surface area contributed by atoms with Crippen LogP contribution in [0.1, 0.15) is 22.3 Å². The minimum Gasteiger partial charge on any atom is -0.0836 e. The third kappa shape index (κ3) is 3.44. The van der Waals surface area contributed by atoms with E-state index in [0.29, 0.717) is 5.02 Å². The van der Waals surface area contributed by atoms with Gasteiger partial charge in [-0.1, -0.05) is 96.6 Å². The van der Waals surface area contributed by atoms with Gasteiger partial charge in [-0.2, -0.15) is 0 Å². The Kier molecular flexibility index (Phi) is 4.67. The van der Waals surface area contributed by atoms with E-state index in [1.165, 1.54) is 11.1 Å². The summed E-state index contributed by atoms with van der Waals surface area (Å²) in [5, 5.41) is 0.710. The lowest BCUT2D eigenvalue weighted by Crippen LogP contribution is -2.01. The molecule has 2 heteroatoms. The molecule has 0 radical (unpaired) electrons. The van der Waals surface area contributed by atoms with Gasteiger partial charge in [-0.05, 0) is 29.2 Å². The van der Waals surface area contributed by atoms with Crippen LogP contribution in [0.2, 0.25) is 5.02 Å². The molecule has 0 bridgehead atoms. The summed E-state index contributed by atoms with van der Waals surface area (Å²) in [6.07, 6.45) is 0.874. The van der Waals surface area contributed by atoms with E-state index in [4.69, 9.17) is 23.8 Å². The Morgan fingerprint density at radius 3 is 2.05 bits per heavy atom. The van der Waals surface area contributed by atoms with Gasteiger partial charge in [-0.25, -0.2) is 0 Å². The first-order valence-electron chi connectivity index (χ1n) is 7.16. The van der Waals surface area contributed by atoms with Gasteiger partial charge >= 0.3 is 0 Å². The Labute approximate surface area is 141 Å². The van der Waals surface area contributed by atoms with Crippen LogP contribution in [0, 0.1) is 0 Å². The fraction of sp³-hybridized carbons (Fsp3) is 0.0500. The van der Waals surface area contributed by atoms with Crippen LogP contribution in [-0.4, -0.2) is 4.86 Å². The Morgan fingerprint density at radius 1 is 0.773 bits per heavy atom. The van der Waals surface area contributed by atoms with Crippen LogP contribution < -0.4 is 0 Å². The molecule has 0 spiro atoms. The van der Waals surface area contributed by atoms with E-state index in [1.54, 1.807) is 0 Å². The minimum atomic E-state index is 0.710. The lowest BCUT2D eigenvalue weighted by Gasteiger charge is -2.09. The Bertz CT molecular complexity index is 779. The molecule has 0 aliphatic rings. The van der Waals surface area contributed by atoms with Gasteiger partial charge in [-0.3, -0.25) is 0 Å². The van der Waals surface area contributed by atoms with Crippen LogP contribution in [0.3, 0.4) is 0 Å². The van der Waals surface area contributed by atoms with Crippen LogP contribution in [0.15, 0.2) is 78.9 Å². The van der Waals surface area contributed by atoms with E-state index in [2.05, 4.69) is 30.3 Å². The monoisotopic (exact) mass is 322 g/mol. The van der Waals surface area contributed by atoms with Gasteiger partial charge in [0.1, 0.15) is 0 Å². The van der Waals surface area contributed by atoms with E-state index in [9.17, 15) is 0 Å². The molecule has 0 fully saturated rings. The van der Waals surface area contributed by atoms with Gasteiger partial charge in [0, 0.05) is 10.6 Å². The molecule has 0 N–H and O–H groups in total. The summed E-state index contributed by atoms with van der Waals surface area (Å²) in [5.74, 6) is 0. The van der Waals surface area contributed by atoms with Gasteiger partial charge in [0.05, 0.1) is 4.86 Å². The highest BCUT2D eigenvalue weighted by Gasteiger charge is 2.09. The Morgan fingerprint density at radius 2 is 1.41 bits per heavy atom. The van der Waals surface area contributed by atoms with Crippen molar-refractivity contribution in [2.75, 3.05) is 0 Å². The summed E-state index contributed by atoms with van der Waals surface area (Å²) in [7, 11) is 0. The minimum absolute atomic E-state index is 0.710. The number of halogens is 1. The van der Waals surface area contributed by atoms with Gasteiger partial charge < -0.3 is 0 Å². The Hall–Kier alpha value is -1.96. The second-order valence-electron chi connectivity index (χ2n) is 5.17. The van der Waals surface area contributed by atoms with Crippen molar-refractivity contribution in [3.63, 3.8) is 0 Å². The fourth-order valence-corrected chi connectivity index (χ4v) is 3.10. The van der Waals surface area contributed by atoms with Crippen LogP contribution >= 0.6 is 23.8 Å². The van der Waals surface area contributed by atoms with E-state index < -0.39 is 0 Å². The third-order valence-corrected chi connectivity index (χ3v) is 4.33. The molecule has 0 saturated carbocycles. The third-order valence-electron chi connectivity index (χ3n) is 3.57. The molecule has 3 rings (SSSR count). The summed E-state index contributed by atoms with van der Waals surface area (Å²) < 4.78 is 0. The highest BCUT2D eigenvalue weighted by molar-refractivity contribution is 7.81. The molecule has 0 atom stereocenters. The topological polar surface area (TPSA) is 0 Å². The van der Waals surface area contributed by atoms with Gasteiger partial charge in [0.15, 0.2) is 0 Å². The van der Waals surface area contributed by atoms with Gasteiger partial charge in [0.2, 0.25) is 0 Å². The lowest BCUT2D eigenvalue weighted by atomic mass is 10.00. The van der Waals surface area contributed by atoms with Gasteiger partial charge in [0.25, 0.3) is 0 Å². The molecule has 108 valence electrons. The van der Waals surface area contributed by atoms with Crippen molar-refractivity contribution in [1.29, 1.82) is 0 Å². The molecular formula is C20H15ClS. The number of rotatable bonds is 4. The first kappa shape index (κ1) is 15.0. The quantitative estimate of drug-likeness (QED) is 0.439. The zero-order chi connectivity index (χ0) is 15.4. The first-order chi connectivity index (χ1) is 10.7. The molecule has 3 aromatic rings. The highest BCUT2D eigenvalue weighted by Crippen LogP contribution is 2.23. The van der Waals surface area contributed by atoms with Crippen LogP contribution in [0.25, 0.3) is 0 Å². The molecule has 22 heavy (non-hydrogen) atoms. The predicted octanol–water partition coefficient (Wildman–Crippen LogP) is 5.70. The number of hydrogen-bond acceptors (Lipinski definition) is 1. The summed E-state index contributed by atoms with van der Waals surface area (Å²) in [5.41, 5.74) is 4.41. The Balaban J connectivity index is 1.85. The zero-order valence-electron chi connectivity index (χ0n) is 12.0. The van der Waals surface area contributed by atoms with Crippen LogP contribution in [0.4, 0.5) is 0 Å². The largest absolute Gasteiger partial charge is 0.0836 e. The molecule has 3 aromatic carbocycles. The maximum Gasteiger partial charge on any atom is 0.0536 e. The van der Waals surface area contributed by atoms with E-state index in [-0.39, 0.29) is 0 Å². The molecule has 0 nitrogen and oxygen atoms in total. The highest BCUT2D eigenvalue weighted by atomic mass is 35.5. The molecule has 0 aliphatic carbocycles. The van der Waals surface area contributed by atoms with E-state index in [0.717, 1.165) is 22.4 Å². The summed E-state index contributed by atoms with van der Waals surface area (Å²) >= 11 is 12.0. The average molecular weight is 323 g/mol.